The van der Waals surface area contributed by atoms with Gasteiger partial charge < -0.3 is 9.42 Å². The number of carbonyl (C=O) groups excluding carboxylic acids is 2. The van der Waals surface area contributed by atoms with Crippen LogP contribution >= 0.6 is 0 Å². The average Bonchev–Trinajstić information content (AvgIpc) is 3.71. The van der Waals surface area contributed by atoms with Crippen molar-refractivity contribution in [2.24, 2.45) is 4.99 Å². The van der Waals surface area contributed by atoms with Gasteiger partial charge in [-0.25, -0.2) is 13.1 Å². The zero-order valence-electron chi connectivity index (χ0n) is 27.6. The highest BCUT2D eigenvalue weighted by Gasteiger charge is 2.49. The molecule has 2 aliphatic rings. The Balaban J connectivity index is 1.53. The Hall–Kier alpha value is -3.99. The lowest BCUT2D eigenvalue weighted by atomic mass is 9.96. The number of rotatable bonds is 13. The molecule has 2 amide bonds. The molecule has 1 aromatic heterocycles. The van der Waals surface area contributed by atoms with Crippen LogP contribution in [0.25, 0.3) is 11.1 Å². The predicted octanol–water partition coefficient (Wildman–Crippen LogP) is 6.76. The number of aliphatic imine (C=N–C) groups is 1. The Morgan fingerprint density at radius 3 is 2.48 bits per heavy atom. The molecule has 1 saturated carbocycles. The lowest BCUT2D eigenvalue weighted by molar-refractivity contribution is -0.131. The van der Waals surface area contributed by atoms with Crippen molar-refractivity contribution in [3.8, 4) is 11.1 Å². The number of nitrogens with one attached hydrogen (secondary N) is 1. The molecule has 1 N–H and O–H groups in total. The maximum Gasteiger partial charge on any atom is 0.264 e. The van der Waals surface area contributed by atoms with E-state index in [2.05, 4.69) is 16.8 Å². The van der Waals surface area contributed by atoms with Crippen molar-refractivity contribution in [2.45, 2.75) is 109 Å². The molecule has 3 aromatic rings. The summed E-state index contributed by atoms with van der Waals surface area (Å²) in [5.41, 5.74) is 3.45. The molecule has 46 heavy (non-hydrogen) atoms. The maximum atomic E-state index is 13.8. The van der Waals surface area contributed by atoms with Gasteiger partial charge in [0.1, 0.15) is 11.4 Å². The van der Waals surface area contributed by atoms with Crippen LogP contribution in [0.4, 0.5) is 5.88 Å². The fourth-order valence-electron chi connectivity index (χ4n) is 6.38. The van der Waals surface area contributed by atoms with E-state index in [4.69, 9.17) is 9.52 Å². The van der Waals surface area contributed by atoms with E-state index >= 15 is 0 Å². The van der Waals surface area contributed by atoms with Gasteiger partial charge in [0.2, 0.25) is 11.8 Å². The van der Waals surface area contributed by atoms with Gasteiger partial charge in [-0.2, -0.15) is 0 Å². The Morgan fingerprint density at radius 2 is 1.80 bits per heavy atom. The number of hydrogen-bond donors (Lipinski definition) is 1. The summed E-state index contributed by atoms with van der Waals surface area (Å²) in [6, 6.07) is 12.6. The maximum absolute atomic E-state index is 13.8. The van der Waals surface area contributed by atoms with Crippen LogP contribution < -0.4 is 4.72 Å². The highest BCUT2D eigenvalue weighted by molar-refractivity contribution is 7.92. The summed E-state index contributed by atoms with van der Waals surface area (Å²) < 4.78 is 35.3. The molecule has 0 bridgehead atoms. The SMILES string of the molecule is CCCCC1=NC2(CCCC2)C(=O)N1Cc1ccc(-c2ccccc2S(=O)(=O)Nc2onc(C)c2C)c(CN(C)C(=O)CCC)c1. The molecule has 246 valence electrons. The Kier molecular flexibility index (Phi) is 10.0. The third-order valence-corrected chi connectivity index (χ3v) is 10.5. The topological polar surface area (TPSA) is 125 Å². The Morgan fingerprint density at radius 1 is 1.07 bits per heavy atom. The molecule has 0 atom stereocenters. The number of hydrogen-bond acceptors (Lipinski definition) is 7. The molecule has 1 aliphatic carbocycles. The van der Waals surface area contributed by atoms with Crippen molar-refractivity contribution in [2.75, 3.05) is 11.8 Å². The first-order chi connectivity index (χ1) is 22.0. The first-order valence-electron chi connectivity index (χ1n) is 16.3. The minimum absolute atomic E-state index is 0.00414. The van der Waals surface area contributed by atoms with Crippen molar-refractivity contribution in [1.82, 2.24) is 15.0 Å². The molecule has 11 heteroatoms. The summed E-state index contributed by atoms with van der Waals surface area (Å²) in [6.07, 6.45) is 7.46. The van der Waals surface area contributed by atoms with Crippen LogP contribution in [0.5, 0.6) is 0 Å². The number of nitrogens with zero attached hydrogens (tertiary/aromatic N) is 4. The number of carbonyl (C=O) groups is 2. The summed E-state index contributed by atoms with van der Waals surface area (Å²) >= 11 is 0. The molecular weight excluding hydrogens is 602 g/mol. The van der Waals surface area contributed by atoms with E-state index in [1.165, 1.54) is 0 Å². The monoisotopic (exact) mass is 647 g/mol. The molecule has 2 aromatic carbocycles. The highest BCUT2D eigenvalue weighted by Crippen LogP contribution is 2.40. The van der Waals surface area contributed by atoms with Gasteiger partial charge in [-0.05, 0) is 62.3 Å². The van der Waals surface area contributed by atoms with Crippen molar-refractivity contribution in [1.29, 1.82) is 0 Å². The smallest absolute Gasteiger partial charge is 0.264 e. The second kappa shape index (κ2) is 13.8. The van der Waals surface area contributed by atoms with Gasteiger partial charge in [0, 0.05) is 37.6 Å². The fraction of sp³-hybridized carbons (Fsp3) is 0.486. The van der Waals surface area contributed by atoms with Crippen molar-refractivity contribution >= 4 is 33.6 Å². The third-order valence-electron chi connectivity index (χ3n) is 9.14. The molecule has 0 radical (unpaired) electrons. The molecular formula is C35H45N5O5S. The molecule has 0 saturated heterocycles. The number of benzene rings is 2. The van der Waals surface area contributed by atoms with Gasteiger partial charge in [-0.1, -0.05) is 74.7 Å². The predicted molar refractivity (Wildman–Crippen MR) is 179 cm³/mol. The van der Waals surface area contributed by atoms with Crippen LogP contribution in [0.1, 0.15) is 94.0 Å². The first kappa shape index (κ1) is 33.4. The zero-order chi connectivity index (χ0) is 33.1. The van der Waals surface area contributed by atoms with Gasteiger partial charge in [0.05, 0.1) is 17.1 Å². The molecule has 5 rings (SSSR count). The Bertz CT molecular complexity index is 1740. The van der Waals surface area contributed by atoms with Crippen LogP contribution in [-0.4, -0.2) is 53.6 Å². The summed E-state index contributed by atoms with van der Waals surface area (Å²) in [5.74, 6) is 1.01. The zero-order valence-corrected chi connectivity index (χ0v) is 28.4. The molecule has 1 spiro atoms. The summed E-state index contributed by atoms with van der Waals surface area (Å²) in [7, 11) is -2.31. The van der Waals surface area contributed by atoms with E-state index in [1.807, 2.05) is 30.0 Å². The number of unbranched alkanes of at least 4 members (excludes halogenated alkanes) is 1. The lowest BCUT2D eigenvalue weighted by Crippen LogP contribution is -2.40. The van der Waals surface area contributed by atoms with E-state index < -0.39 is 15.6 Å². The van der Waals surface area contributed by atoms with Gasteiger partial charge >= 0.3 is 0 Å². The fourth-order valence-corrected chi connectivity index (χ4v) is 7.65. The van der Waals surface area contributed by atoms with Gasteiger partial charge in [0.15, 0.2) is 0 Å². The molecule has 10 nitrogen and oxygen atoms in total. The summed E-state index contributed by atoms with van der Waals surface area (Å²) in [5, 5.41) is 3.88. The number of anilines is 1. The molecule has 1 fully saturated rings. The second-order valence-electron chi connectivity index (χ2n) is 12.6. The van der Waals surface area contributed by atoms with Gasteiger partial charge in [-0.3, -0.25) is 19.5 Å². The van der Waals surface area contributed by atoms with E-state index in [0.717, 1.165) is 68.3 Å². The standard InChI is InChI=1S/C35H45N5O5S/c1-6-8-16-31-36-35(19-11-12-20-35)34(42)40(31)22-26-17-18-28(27(21-26)23-39(5)32(41)13-7-2)29-14-9-10-15-30(29)46(43,44)38-33-24(3)25(4)37-45-33/h9-10,14-15,17-18,21,38H,6-8,11-13,16,19-20,22-23H2,1-5H3. The van der Waals surface area contributed by atoms with E-state index in [-0.39, 0.29) is 29.1 Å². The lowest BCUT2D eigenvalue weighted by Gasteiger charge is -2.24. The van der Waals surface area contributed by atoms with Gasteiger partial charge in [-0.15, -0.1) is 0 Å². The molecule has 2 heterocycles. The second-order valence-corrected chi connectivity index (χ2v) is 14.2. The van der Waals surface area contributed by atoms with Crippen LogP contribution in [0.15, 0.2) is 56.9 Å². The minimum atomic E-state index is -4.07. The quantitative estimate of drug-likeness (QED) is 0.219. The van der Waals surface area contributed by atoms with E-state index in [9.17, 15) is 18.0 Å². The van der Waals surface area contributed by atoms with Crippen LogP contribution in [0, 0.1) is 13.8 Å². The van der Waals surface area contributed by atoms with Crippen LogP contribution in [0.3, 0.4) is 0 Å². The number of amides is 2. The first-order valence-corrected chi connectivity index (χ1v) is 17.8. The summed E-state index contributed by atoms with van der Waals surface area (Å²) in [4.78, 5) is 35.3. The van der Waals surface area contributed by atoms with Crippen molar-refractivity contribution in [3.63, 3.8) is 0 Å². The largest absolute Gasteiger partial charge is 0.341 e. The molecule has 1 aliphatic heterocycles. The number of aryl methyl sites for hydroxylation is 1. The van der Waals surface area contributed by atoms with E-state index in [0.29, 0.717) is 35.3 Å². The van der Waals surface area contributed by atoms with Crippen molar-refractivity contribution < 1.29 is 22.5 Å². The number of aromatic nitrogens is 1. The van der Waals surface area contributed by atoms with Gasteiger partial charge in [0.25, 0.3) is 15.9 Å². The Labute approximate surface area is 272 Å². The average molecular weight is 648 g/mol. The summed E-state index contributed by atoms with van der Waals surface area (Å²) in [6.45, 7) is 8.24. The normalized spacial score (nSPS) is 15.9. The van der Waals surface area contributed by atoms with Crippen LogP contribution in [0.2, 0.25) is 0 Å². The molecule has 0 unspecified atom stereocenters. The number of amidine groups is 1. The van der Waals surface area contributed by atoms with Crippen LogP contribution in [-0.2, 0) is 32.7 Å². The van der Waals surface area contributed by atoms with Crippen molar-refractivity contribution in [3.05, 3.63) is 64.8 Å². The van der Waals surface area contributed by atoms with E-state index in [1.54, 1.807) is 50.1 Å². The number of sulfonamides is 1. The highest BCUT2D eigenvalue weighted by atomic mass is 32.2. The third kappa shape index (κ3) is 6.74. The minimum Gasteiger partial charge on any atom is -0.341 e.